The Bertz CT molecular complexity index is 237. The largest absolute Gasteiger partial charge is 0.314 e. The molecule has 0 radical (unpaired) electrons. The highest BCUT2D eigenvalue weighted by Gasteiger charge is 2.39. The quantitative estimate of drug-likeness (QED) is 0.445. The molecule has 0 aromatic carbocycles. The second-order valence-electron chi connectivity index (χ2n) is 6.72. The molecule has 1 aliphatic heterocycles. The second-order valence-corrected chi connectivity index (χ2v) is 11.0. The van der Waals surface area contributed by atoms with Gasteiger partial charge in [0, 0.05) is 0 Å². The normalized spacial score (nSPS) is 21.7. The Morgan fingerprint density at radius 3 is 1.13 bits per heavy atom. The molecular formula is C18H40N2S3+2. The van der Waals surface area contributed by atoms with Crippen molar-refractivity contribution in [3.63, 3.8) is 0 Å². The van der Waals surface area contributed by atoms with Crippen LogP contribution in [0.4, 0.5) is 0 Å². The molecule has 1 heterocycles. The van der Waals surface area contributed by atoms with E-state index < -0.39 is 0 Å². The molecule has 1 rings (SSSR count). The SMILES string of the molecule is CCCC[NH+](CCCC)C1SSC([NH+](CCCC)CCCC)S1. The van der Waals surface area contributed by atoms with E-state index in [4.69, 9.17) is 0 Å². The molecule has 0 aromatic rings. The zero-order valence-corrected chi connectivity index (χ0v) is 18.3. The molecule has 23 heavy (non-hydrogen) atoms. The van der Waals surface area contributed by atoms with Crippen molar-refractivity contribution < 1.29 is 9.80 Å². The number of hydrogen-bond donors (Lipinski definition) is 2. The van der Waals surface area contributed by atoms with E-state index in [9.17, 15) is 0 Å². The number of thioether (sulfide) groups is 1. The van der Waals surface area contributed by atoms with Crippen LogP contribution in [-0.2, 0) is 0 Å². The maximum Gasteiger partial charge on any atom is 0.198 e. The number of unbranched alkanes of at least 4 members (excludes halogenated alkanes) is 4. The molecule has 2 unspecified atom stereocenters. The zero-order chi connectivity index (χ0) is 16.9. The van der Waals surface area contributed by atoms with Crippen LogP contribution in [0.1, 0.15) is 79.1 Å². The average molecular weight is 381 g/mol. The smallest absolute Gasteiger partial charge is 0.198 e. The van der Waals surface area contributed by atoms with Crippen LogP contribution in [0.15, 0.2) is 0 Å². The van der Waals surface area contributed by atoms with Crippen molar-refractivity contribution in [3.8, 4) is 0 Å². The Balaban J connectivity index is 2.52. The minimum atomic E-state index is 0.765. The Morgan fingerprint density at radius 2 is 0.870 bits per heavy atom. The van der Waals surface area contributed by atoms with Crippen molar-refractivity contribution in [1.82, 2.24) is 0 Å². The van der Waals surface area contributed by atoms with Crippen LogP contribution in [-0.4, -0.2) is 35.6 Å². The van der Waals surface area contributed by atoms with Crippen LogP contribution in [0.5, 0.6) is 0 Å². The summed E-state index contributed by atoms with van der Waals surface area (Å²) in [6.07, 6.45) is 10.9. The molecule has 0 spiro atoms. The summed E-state index contributed by atoms with van der Waals surface area (Å²) < 4.78 is 1.53. The van der Waals surface area contributed by atoms with Crippen molar-refractivity contribution in [2.75, 3.05) is 26.2 Å². The summed E-state index contributed by atoms with van der Waals surface area (Å²) in [5.74, 6) is 0. The minimum Gasteiger partial charge on any atom is -0.314 e. The Labute approximate surface area is 157 Å². The highest BCUT2D eigenvalue weighted by Crippen LogP contribution is 2.45. The Hall–Kier alpha value is 0.970. The van der Waals surface area contributed by atoms with Crippen LogP contribution >= 0.6 is 33.3 Å². The van der Waals surface area contributed by atoms with E-state index in [1.54, 1.807) is 0 Å². The summed E-state index contributed by atoms with van der Waals surface area (Å²) in [5, 5.41) is 0. The van der Waals surface area contributed by atoms with Crippen LogP contribution in [0.25, 0.3) is 0 Å². The fraction of sp³-hybridized carbons (Fsp3) is 1.00. The van der Waals surface area contributed by atoms with Crippen molar-refractivity contribution in [3.05, 3.63) is 0 Å². The van der Waals surface area contributed by atoms with Gasteiger partial charge in [-0.25, -0.2) is 0 Å². The van der Waals surface area contributed by atoms with E-state index in [0.717, 1.165) is 9.41 Å². The lowest BCUT2D eigenvalue weighted by atomic mass is 10.3. The van der Waals surface area contributed by atoms with Crippen molar-refractivity contribution in [2.24, 2.45) is 0 Å². The number of hydrogen-bond acceptors (Lipinski definition) is 3. The standard InChI is InChI=1S/C18H38N2S3/c1-5-9-13-19(14-10-6-2)17-21-18(23-22-17)20(15-11-7-3)16-12-8-4/h17-18H,5-16H2,1-4H3/p+2. The van der Waals surface area contributed by atoms with Gasteiger partial charge in [0.25, 0.3) is 0 Å². The van der Waals surface area contributed by atoms with E-state index in [0.29, 0.717) is 0 Å². The predicted molar refractivity (Wildman–Crippen MR) is 111 cm³/mol. The van der Waals surface area contributed by atoms with E-state index in [1.807, 2.05) is 9.80 Å². The predicted octanol–water partition coefficient (Wildman–Crippen LogP) is 3.65. The number of nitrogens with one attached hydrogen (secondary N) is 2. The summed E-state index contributed by atoms with van der Waals surface area (Å²) >= 11 is 2.28. The summed E-state index contributed by atoms with van der Waals surface area (Å²) in [5.41, 5.74) is 0. The molecule has 5 heteroatoms. The van der Waals surface area contributed by atoms with E-state index in [1.165, 1.54) is 77.5 Å². The lowest BCUT2D eigenvalue weighted by molar-refractivity contribution is -0.903. The third kappa shape index (κ3) is 8.75. The summed E-state index contributed by atoms with van der Waals surface area (Å²) in [7, 11) is 4.35. The first kappa shape index (κ1) is 22.0. The summed E-state index contributed by atoms with van der Waals surface area (Å²) in [6.45, 7) is 14.8. The molecule has 1 aliphatic rings. The first-order valence-corrected chi connectivity index (χ1v) is 13.1. The van der Waals surface area contributed by atoms with Gasteiger partial charge in [0.15, 0.2) is 9.41 Å². The molecule has 2 nitrogen and oxygen atoms in total. The van der Waals surface area contributed by atoms with Gasteiger partial charge in [0.2, 0.25) is 0 Å². The van der Waals surface area contributed by atoms with Gasteiger partial charge in [-0.3, -0.25) is 0 Å². The molecule has 138 valence electrons. The first-order chi connectivity index (χ1) is 11.3. The zero-order valence-electron chi connectivity index (χ0n) is 15.9. The molecular weight excluding hydrogens is 340 g/mol. The maximum atomic E-state index is 2.32. The van der Waals surface area contributed by atoms with E-state index in [-0.39, 0.29) is 0 Å². The first-order valence-electron chi connectivity index (χ1n) is 9.93. The number of rotatable bonds is 14. The Morgan fingerprint density at radius 1 is 0.565 bits per heavy atom. The summed E-state index contributed by atoms with van der Waals surface area (Å²) in [6, 6.07) is 0. The monoisotopic (exact) mass is 380 g/mol. The van der Waals surface area contributed by atoms with Crippen LogP contribution in [0.3, 0.4) is 0 Å². The lowest BCUT2D eigenvalue weighted by Crippen LogP contribution is -3.16. The van der Waals surface area contributed by atoms with Crippen molar-refractivity contribution >= 4 is 33.3 Å². The van der Waals surface area contributed by atoms with Gasteiger partial charge >= 0.3 is 0 Å². The molecule has 1 fully saturated rings. The maximum absolute atomic E-state index is 2.32. The molecule has 0 bridgehead atoms. The van der Waals surface area contributed by atoms with Gasteiger partial charge in [-0.1, -0.05) is 53.4 Å². The van der Waals surface area contributed by atoms with Gasteiger partial charge in [0.1, 0.15) is 0 Å². The van der Waals surface area contributed by atoms with E-state index in [2.05, 4.69) is 61.0 Å². The third-order valence-electron chi connectivity index (χ3n) is 4.55. The second kappa shape index (κ2) is 14.2. The van der Waals surface area contributed by atoms with Gasteiger partial charge in [-0.2, -0.15) is 0 Å². The molecule has 0 aromatic heterocycles. The van der Waals surface area contributed by atoms with Gasteiger partial charge in [-0.15, -0.1) is 0 Å². The van der Waals surface area contributed by atoms with Crippen molar-refractivity contribution in [2.45, 2.75) is 88.5 Å². The van der Waals surface area contributed by atoms with E-state index >= 15 is 0 Å². The molecule has 0 aliphatic carbocycles. The van der Waals surface area contributed by atoms with Gasteiger partial charge in [0.05, 0.1) is 26.2 Å². The van der Waals surface area contributed by atoms with Gasteiger partial charge < -0.3 is 9.80 Å². The average Bonchev–Trinajstić information content (AvgIpc) is 3.05. The Kier molecular flexibility index (Phi) is 13.6. The molecule has 2 atom stereocenters. The highest BCUT2D eigenvalue weighted by atomic mass is 33.1. The third-order valence-corrected chi connectivity index (χ3v) is 10.3. The molecule has 2 N–H and O–H groups in total. The molecule has 0 saturated carbocycles. The topological polar surface area (TPSA) is 8.88 Å². The van der Waals surface area contributed by atoms with Crippen LogP contribution in [0.2, 0.25) is 0 Å². The highest BCUT2D eigenvalue weighted by molar-refractivity contribution is 8.82. The minimum absolute atomic E-state index is 0.765. The number of quaternary nitrogens is 2. The fourth-order valence-electron chi connectivity index (χ4n) is 2.92. The van der Waals surface area contributed by atoms with Crippen molar-refractivity contribution in [1.29, 1.82) is 0 Å². The fourth-order valence-corrected chi connectivity index (χ4v) is 9.25. The summed E-state index contributed by atoms with van der Waals surface area (Å²) in [4.78, 5) is 3.70. The molecule has 0 amide bonds. The van der Waals surface area contributed by atoms with Crippen LogP contribution in [0, 0.1) is 0 Å². The van der Waals surface area contributed by atoms with Crippen LogP contribution < -0.4 is 9.80 Å². The molecule has 1 saturated heterocycles. The lowest BCUT2D eigenvalue weighted by Gasteiger charge is -2.26. The van der Waals surface area contributed by atoms with Gasteiger partial charge in [-0.05, 0) is 59.0 Å².